The van der Waals surface area contributed by atoms with Gasteiger partial charge in [-0.2, -0.15) is 0 Å². The molecule has 8 heteroatoms. The molecule has 0 bridgehead atoms. The normalized spacial score (nSPS) is 17.2. The van der Waals surface area contributed by atoms with Gasteiger partial charge in [0.2, 0.25) is 0 Å². The van der Waals surface area contributed by atoms with Gasteiger partial charge in [-0.15, -0.1) is 0 Å². The number of fused-ring (bicyclic) bond motifs is 1. The number of hydrogen-bond acceptors (Lipinski definition) is 6. The lowest BCUT2D eigenvalue weighted by atomic mass is 10.1. The zero-order chi connectivity index (χ0) is 30.5. The Hall–Kier alpha value is -3.75. The average Bonchev–Trinajstić information content (AvgIpc) is 3.34. The van der Waals surface area contributed by atoms with Crippen LogP contribution in [-0.4, -0.2) is 42.2 Å². The summed E-state index contributed by atoms with van der Waals surface area (Å²) in [5.74, 6) is 1.21. The Kier molecular flexibility index (Phi) is 9.57. The summed E-state index contributed by atoms with van der Waals surface area (Å²) in [6, 6.07) is 26.9. The van der Waals surface area contributed by atoms with Gasteiger partial charge in [0.15, 0.2) is 16.7 Å². The van der Waals surface area contributed by atoms with E-state index in [0.29, 0.717) is 41.3 Å². The summed E-state index contributed by atoms with van der Waals surface area (Å²) in [7, 11) is 0. The van der Waals surface area contributed by atoms with Gasteiger partial charge in [0.05, 0.1) is 21.7 Å². The second-order valence-electron chi connectivity index (χ2n) is 10.9. The number of aliphatic imine (C=N–C) groups is 1. The molecule has 6 rings (SSSR count). The van der Waals surface area contributed by atoms with Gasteiger partial charge in [-0.05, 0) is 131 Å². The number of benzene rings is 4. The van der Waals surface area contributed by atoms with E-state index >= 15 is 0 Å². The van der Waals surface area contributed by atoms with Gasteiger partial charge < -0.3 is 14.4 Å². The second kappa shape index (κ2) is 13.9. The van der Waals surface area contributed by atoms with E-state index in [-0.39, 0.29) is 5.91 Å². The molecule has 2 aliphatic rings. The summed E-state index contributed by atoms with van der Waals surface area (Å²) >= 11 is 5.10. The van der Waals surface area contributed by atoms with Gasteiger partial charge in [0.1, 0.15) is 6.61 Å². The molecule has 0 atom stereocenters. The van der Waals surface area contributed by atoms with Gasteiger partial charge in [-0.1, -0.05) is 36.4 Å². The molecule has 2 heterocycles. The van der Waals surface area contributed by atoms with Crippen LogP contribution in [0.3, 0.4) is 0 Å². The number of carbonyl (C=O) groups excluding carboxylic acids is 1. The zero-order valence-electron chi connectivity index (χ0n) is 25.1. The first-order valence-corrected chi connectivity index (χ1v) is 16.8. The summed E-state index contributed by atoms with van der Waals surface area (Å²) in [5, 5.41) is 3.07. The first-order valence-electron chi connectivity index (χ1n) is 15.2. The van der Waals surface area contributed by atoms with E-state index in [1.165, 1.54) is 47.5 Å². The minimum atomic E-state index is -0.0492. The van der Waals surface area contributed by atoms with E-state index in [1.54, 1.807) is 4.90 Å². The number of ether oxygens (including phenoxy) is 2. The Labute approximate surface area is 271 Å². The smallest absolute Gasteiger partial charge is 0.266 e. The van der Waals surface area contributed by atoms with Crippen LogP contribution in [0.25, 0.3) is 16.8 Å². The molecule has 44 heavy (non-hydrogen) atoms. The fourth-order valence-electron chi connectivity index (χ4n) is 5.58. The van der Waals surface area contributed by atoms with Crippen LogP contribution in [0.15, 0.2) is 93.2 Å². The number of carbonyl (C=O) groups is 1. The molecule has 0 radical (unpaired) electrons. The lowest BCUT2D eigenvalue weighted by Crippen LogP contribution is -2.29. The summed E-state index contributed by atoms with van der Waals surface area (Å²) in [6.45, 7) is 7.57. The molecule has 226 valence electrons. The number of thioether (sulfide) groups is 1. The van der Waals surface area contributed by atoms with E-state index in [0.717, 1.165) is 34.4 Å². The number of hydrogen-bond donors (Lipinski definition) is 0. The molecule has 4 aromatic carbocycles. The first-order chi connectivity index (χ1) is 21.5. The van der Waals surface area contributed by atoms with Crippen LogP contribution < -0.4 is 14.4 Å². The average molecular weight is 671 g/mol. The molecule has 0 saturated carbocycles. The third-order valence-corrected chi connectivity index (χ3v) is 9.42. The van der Waals surface area contributed by atoms with Crippen molar-refractivity contribution < 1.29 is 14.3 Å². The fourth-order valence-corrected chi connectivity index (χ4v) is 7.22. The summed E-state index contributed by atoms with van der Waals surface area (Å²) in [6.07, 6.45) is 5.70. The molecule has 0 spiro atoms. The number of likely N-dealkylation sites (N-methyl/N-ethyl adjacent to an activating group) is 1. The maximum Gasteiger partial charge on any atom is 0.266 e. The fraction of sp³-hybridized carbons (Fsp3) is 0.278. The van der Waals surface area contributed by atoms with Crippen molar-refractivity contribution >= 4 is 67.0 Å². The summed E-state index contributed by atoms with van der Waals surface area (Å²) in [5.41, 5.74) is 3.99. The minimum absolute atomic E-state index is 0.0492. The Balaban J connectivity index is 1.21. The number of anilines is 1. The predicted octanol–water partition coefficient (Wildman–Crippen LogP) is 9.19. The molecule has 0 aromatic heterocycles. The molecular weight excluding hydrogens is 634 g/mol. The number of piperidine rings is 1. The van der Waals surface area contributed by atoms with E-state index < -0.39 is 0 Å². The molecule has 0 unspecified atom stereocenters. The molecule has 6 nitrogen and oxygen atoms in total. The Morgan fingerprint density at radius 1 is 0.909 bits per heavy atom. The van der Waals surface area contributed by atoms with Crippen LogP contribution in [0.5, 0.6) is 11.5 Å². The quantitative estimate of drug-likeness (QED) is 0.166. The number of nitrogens with zero attached hydrogens (tertiary/aromatic N) is 3. The Morgan fingerprint density at radius 2 is 1.68 bits per heavy atom. The SMILES string of the molecule is CCOc1cc(/C=C2\SC(=Nc3ccc(N4CCCCC4)cc3)N(CC)C2=O)cc(Br)c1OCc1ccc2ccccc2c1. The summed E-state index contributed by atoms with van der Waals surface area (Å²) in [4.78, 5) is 23.0. The van der Waals surface area contributed by atoms with Crippen molar-refractivity contribution in [1.29, 1.82) is 0 Å². The van der Waals surface area contributed by atoms with Crippen LogP contribution in [0.1, 0.15) is 44.2 Å². The van der Waals surface area contributed by atoms with Gasteiger partial charge in [-0.3, -0.25) is 9.69 Å². The largest absolute Gasteiger partial charge is 0.490 e. The zero-order valence-corrected chi connectivity index (χ0v) is 27.5. The lowest BCUT2D eigenvalue weighted by Gasteiger charge is -2.28. The van der Waals surface area contributed by atoms with Crippen LogP contribution in [0.2, 0.25) is 0 Å². The highest BCUT2D eigenvalue weighted by Gasteiger charge is 2.32. The predicted molar refractivity (Wildman–Crippen MR) is 186 cm³/mol. The first kappa shape index (κ1) is 30.3. The highest BCUT2D eigenvalue weighted by atomic mass is 79.9. The van der Waals surface area contributed by atoms with Crippen LogP contribution in [-0.2, 0) is 11.4 Å². The molecule has 4 aromatic rings. The van der Waals surface area contributed by atoms with Crippen LogP contribution in [0.4, 0.5) is 11.4 Å². The molecule has 2 saturated heterocycles. The Morgan fingerprint density at radius 3 is 2.43 bits per heavy atom. The standard InChI is InChI=1S/C36H36BrN3O3S/c1-3-40-35(41)33(44-36(40)38-29-14-16-30(17-15-29)39-18-8-5-9-19-39)23-26-21-31(37)34(32(22-26)42-4-2)43-24-25-12-13-27-10-6-7-11-28(27)20-25/h6-7,10-17,20-23H,3-5,8-9,18-19,24H2,1-2H3/b33-23-,38-36?. The molecule has 1 amide bonds. The van der Waals surface area contributed by atoms with Crippen molar-refractivity contribution in [2.75, 3.05) is 31.1 Å². The highest BCUT2D eigenvalue weighted by Crippen LogP contribution is 2.40. The summed E-state index contributed by atoms with van der Waals surface area (Å²) < 4.78 is 13.0. The van der Waals surface area contributed by atoms with Crippen molar-refractivity contribution in [2.45, 2.75) is 39.7 Å². The van der Waals surface area contributed by atoms with Crippen molar-refractivity contribution in [1.82, 2.24) is 4.90 Å². The third kappa shape index (κ3) is 6.81. The number of rotatable bonds is 9. The maximum atomic E-state index is 13.4. The van der Waals surface area contributed by atoms with Gasteiger partial charge in [0.25, 0.3) is 5.91 Å². The van der Waals surface area contributed by atoms with E-state index in [9.17, 15) is 4.79 Å². The molecular formula is C36H36BrN3O3S. The number of halogens is 1. The van der Waals surface area contributed by atoms with Crippen LogP contribution in [0, 0.1) is 0 Å². The monoisotopic (exact) mass is 669 g/mol. The Bertz CT molecular complexity index is 1710. The maximum absolute atomic E-state index is 13.4. The van der Waals surface area contributed by atoms with E-state index in [2.05, 4.69) is 63.3 Å². The van der Waals surface area contributed by atoms with Gasteiger partial charge in [-0.25, -0.2) is 4.99 Å². The lowest BCUT2D eigenvalue weighted by molar-refractivity contribution is -0.122. The van der Waals surface area contributed by atoms with E-state index in [4.69, 9.17) is 14.5 Å². The van der Waals surface area contributed by atoms with Gasteiger partial charge in [0, 0.05) is 25.3 Å². The van der Waals surface area contributed by atoms with Crippen molar-refractivity contribution in [3.05, 3.63) is 99.4 Å². The molecule has 2 fully saturated rings. The molecule has 0 aliphatic carbocycles. The molecule has 2 aliphatic heterocycles. The van der Waals surface area contributed by atoms with Gasteiger partial charge >= 0.3 is 0 Å². The minimum Gasteiger partial charge on any atom is -0.490 e. The second-order valence-corrected chi connectivity index (χ2v) is 12.7. The van der Waals surface area contributed by atoms with Crippen LogP contribution >= 0.6 is 27.7 Å². The van der Waals surface area contributed by atoms with Crippen molar-refractivity contribution in [3.8, 4) is 11.5 Å². The third-order valence-electron chi connectivity index (χ3n) is 7.83. The number of amidine groups is 1. The van der Waals surface area contributed by atoms with Crippen molar-refractivity contribution in [2.24, 2.45) is 4.99 Å². The number of amides is 1. The molecule has 0 N–H and O–H groups in total. The van der Waals surface area contributed by atoms with Crippen molar-refractivity contribution in [3.63, 3.8) is 0 Å². The highest BCUT2D eigenvalue weighted by molar-refractivity contribution is 9.10. The van der Waals surface area contributed by atoms with E-state index in [1.807, 2.05) is 56.3 Å². The topological polar surface area (TPSA) is 54.4 Å².